The molecule has 0 unspecified atom stereocenters. The van der Waals surface area contributed by atoms with E-state index in [4.69, 9.17) is 15.2 Å². The first-order chi connectivity index (χ1) is 13.8. The molecule has 0 bridgehead atoms. The summed E-state index contributed by atoms with van der Waals surface area (Å²) in [5.41, 5.74) is 8.25. The van der Waals surface area contributed by atoms with Crippen molar-refractivity contribution in [2.45, 2.75) is 27.0 Å². The second kappa shape index (κ2) is 9.66. The Morgan fingerprint density at radius 3 is 2.69 bits per heavy atom. The first kappa shape index (κ1) is 21.8. The Morgan fingerprint density at radius 1 is 1.34 bits per heavy atom. The van der Waals surface area contributed by atoms with Gasteiger partial charge in [-0.05, 0) is 31.6 Å². The van der Waals surface area contributed by atoms with Gasteiger partial charge in [0.05, 0.1) is 6.61 Å². The molecule has 2 N–H and O–H groups in total. The largest absolute Gasteiger partial charge is 0.453 e. The van der Waals surface area contributed by atoms with Gasteiger partial charge in [0.25, 0.3) is 0 Å². The summed E-state index contributed by atoms with van der Waals surface area (Å²) >= 11 is 0. The molecule has 0 spiro atoms. The molecule has 2 aromatic heterocycles. The number of rotatable bonds is 8. The third kappa shape index (κ3) is 5.52. The molecule has 0 saturated carbocycles. The number of nitrogen functional groups attached to an aromatic ring is 1. The van der Waals surface area contributed by atoms with Crippen LogP contribution in [0.25, 0.3) is 6.08 Å². The molecule has 0 aromatic carbocycles. The Morgan fingerprint density at radius 2 is 2.07 bits per heavy atom. The molecule has 0 aliphatic heterocycles. The molecule has 0 fully saturated rings. The minimum atomic E-state index is -0.764. The number of nitriles is 1. The van der Waals surface area contributed by atoms with Crippen LogP contribution < -0.4 is 10.6 Å². The second-order valence-corrected chi connectivity index (χ2v) is 6.52. The van der Waals surface area contributed by atoms with Gasteiger partial charge in [0, 0.05) is 39.1 Å². The lowest BCUT2D eigenvalue weighted by Gasteiger charge is -2.11. The van der Waals surface area contributed by atoms with Crippen molar-refractivity contribution in [2.75, 3.05) is 38.4 Å². The molecule has 0 atom stereocenters. The number of hydrogen-bond acceptors (Lipinski definition) is 9. The van der Waals surface area contributed by atoms with Gasteiger partial charge in [0.1, 0.15) is 11.6 Å². The lowest BCUT2D eigenvalue weighted by atomic mass is 10.1. The van der Waals surface area contributed by atoms with Crippen LogP contribution >= 0.6 is 0 Å². The molecule has 154 valence electrons. The number of carbonyl (C=O) groups excluding carboxylic acids is 1. The summed E-state index contributed by atoms with van der Waals surface area (Å²) in [6.45, 7) is 4.90. The van der Waals surface area contributed by atoms with E-state index in [1.807, 2.05) is 26.0 Å². The summed E-state index contributed by atoms with van der Waals surface area (Å²) in [7, 11) is 5.15. The first-order valence-corrected chi connectivity index (χ1v) is 8.89. The van der Waals surface area contributed by atoms with Crippen LogP contribution in [0.2, 0.25) is 0 Å². The van der Waals surface area contributed by atoms with Gasteiger partial charge >= 0.3 is 5.97 Å². The minimum Gasteiger partial charge on any atom is -0.453 e. The summed E-state index contributed by atoms with van der Waals surface area (Å²) in [5, 5.41) is 9.41. The Kier molecular flexibility index (Phi) is 7.27. The second-order valence-electron chi connectivity index (χ2n) is 6.52. The fraction of sp³-hybridized carbons (Fsp3) is 0.421. The van der Waals surface area contributed by atoms with E-state index in [0.717, 1.165) is 17.0 Å². The molecular formula is C19H25N7O3. The van der Waals surface area contributed by atoms with Crippen molar-refractivity contribution in [1.29, 1.82) is 5.26 Å². The number of aryl methyl sites for hydroxylation is 1. The quantitative estimate of drug-likeness (QED) is 0.395. The third-order valence-electron chi connectivity index (χ3n) is 4.19. The molecule has 0 radical (unpaired) electrons. The van der Waals surface area contributed by atoms with E-state index >= 15 is 0 Å². The zero-order valence-electron chi connectivity index (χ0n) is 17.3. The zero-order valence-corrected chi connectivity index (χ0v) is 17.3. The van der Waals surface area contributed by atoms with Crippen LogP contribution in [0.4, 0.5) is 11.9 Å². The van der Waals surface area contributed by atoms with Gasteiger partial charge in [-0.15, -0.1) is 0 Å². The molecule has 10 nitrogen and oxygen atoms in total. The monoisotopic (exact) mass is 399 g/mol. The SMILES string of the molecule is COCCn1c(C)cc(/C=C(\C#N)C(=O)OCc2nc(N)nc(N(C)C)n2)c1C. The van der Waals surface area contributed by atoms with Gasteiger partial charge in [-0.2, -0.15) is 20.2 Å². The molecule has 0 aliphatic rings. The third-order valence-corrected chi connectivity index (χ3v) is 4.19. The Balaban J connectivity index is 2.17. The van der Waals surface area contributed by atoms with Crippen LogP contribution in [0.15, 0.2) is 11.6 Å². The number of carbonyl (C=O) groups is 1. The van der Waals surface area contributed by atoms with Crippen molar-refractivity contribution in [3.05, 3.63) is 34.4 Å². The predicted molar refractivity (Wildman–Crippen MR) is 108 cm³/mol. The summed E-state index contributed by atoms with van der Waals surface area (Å²) in [6.07, 6.45) is 1.51. The topological polar surface area (TPSA) is 132 Å². The van der Waals surface area contributed by atoms with Gasteiger partial charge in [-0.1, -0.05) is 0 Å². The van der Waals surface area contributed by atoms with Crippen molar-refractivity contribution in [1.82, 2.24) is 19.5 Å². The lowest BCUT2D eigenvalue weighted by molar-refractivity contribution is -0.139. The van der Waals surface area contributed by atoms with Gasteiger partial charge in [0.15, 0.2) is 12.4 Å². The molecule has 0 saturated heterocycles. The minimum absolute atomic E-state index is 0.0225. The van der Waals surface area contributed by atoms with Gasteiger partial charge < -0.3 is 24.7 Å². The van der Waals surface area contributed by atoms with Crippen LogP contribution in [0.1, 0.15) is 22.8 Å². The van der Waals surface area contributed by atoms with Crippen LogP contribution in [0.5, 0.6) is 0 Å². The van der Waals surface area contributed by atoms with Crippen molar-refractivity contribution >= 4 is 23.9 Å². The van der Waals surface area contributed by atoms with E-state index in [1.54, 1.807) is 26.1 Å². The van der Waals surface area contributed by atoms with Crippen molar-refractivity contribution in [3.8, 4) is 6.07 Å². The van der Waals surface area contributed by atoms with Gasteiger partial charge in [-0.3, -0.25) is 0 Å². The zero-order chi connectivity index (χ0) is 21.6. The number of ether oxygens (including phenoxy) is 2. The summed E-state index contributed by atoms with van der Waals surface area (Å²) in [5.74, 6) is -0.193. The van der Waals surface area contributed by atoms with E-state index in [2.05, 4.69) is 19.5 Å². The highest BCUT2D eigenvalue weighted by atomic mass is 16.5. The number of methoxy groups -OCH3 is 1. The van der Waals surface area contributed by atoms with Crippen LogP contribution in [-0.4, -0.2) is 53.3 Å². The fourth-order valence-corrected chi connectivity index (χ4v) is 2.69. The van der Waals surface area contributed by atoms with E-state index in [0.29, 0.717) is 19.1 Å². The van der Waals surface area contributed by atoms with Gasteiger partial charge in [0.2, 0.25) is 11.9 Å². The molecule has 0 aliphatic carbocycles. The average Bonchev–Trinajstić information content (AvgIpc) is 2.94. The molecule has 2 aromatic rings. The van der Waals surface area contributed by atoms with Gasteiger partial charge in [-0.25, -0.2) is 4.79 Å². The van der Waals surface area contributed by atoms with Crippen molar-refractivity contribution in [2.24, 2.45) is 0 Å². The molecule has 0 amide bonds. The summed E-state index contributed by atoms with van der Waals surface area (Å²) < 4.78 is 12.4. The van der Waals surface area contributed by atoms with E-state index in [-0.39, 0.29) is 24.0 Å². The number of anilines is 2. The first-order valence-electron chi connectivity index (χ1n) is 8.89. The number of nitrogens with two attached hydrogens (primary N) is 1. The molecule has 2 rings (SSSR count). The standard InChI is InChI=1S/C19H25N7O3/c1-12-8-14(13(2)26(12)6-7-28-5)9-15(10-20)17(27)29-11-16-22-18(21)24-19(23-16)25(3)4/h8-9H,6-7,11H2,1-5H3,(H2,21,22,23,24)/b15-9+. The van der Waals surface area contributed by atoms with E-state index in [9.17, 15) is 10.1 Å². The van der Waals surface area contributed by atoms with Crippen LogP contribution in [0, 0.1) is 25.2 Å². The van der Waals surface area contributed by atoms with Crippen molar-refractivity contribution < 1.29 is 14.3 Å². The number of nitrogens with zero attached hydrogens (tertiary/aromatic N) is 6. The highest BCUT2D eigenvalue weighted by Gasteiger charge is 2.15. The molecular weight excluding hydrogens is 374 g/mol. The van der Waals surface area contributed by atoms with Crippen molar-refractivity contribution in [3.63, 3.8) is 0 Å². The summed E-state index contributed by atoms with van der Waals surface area (Å²) in [4.78, 5) is 26.1. The van der Waals surface area contributed by atoms with E-state index < -0.39 is 5.97 Å². The average molecular weight is 399 g/mol. The predicted octanol–water partition coefficient (Wildman–Crippen LogP) is 1.23. The number of hydrogen-bond donors (Lipinski definition) is 1. The molecule has 29 heavy (non-hydrogen) atoms. The summed E-state index contributed by atoms with van der Waals surface area (Å²) in [6, 6.07) is 3.80. The molecule has 2 heterocycles. The smallest absolute Gasteiger partial charge is 0.349 e. The maximum atomic E-state index is 12.4. The fourth-order valence-electron chi connectivity index (χ4n) is 2.69. The molecule has 10 heteroatoms. The number of aromatic nitrogens is 4. The maximum absolute atomic E-state index is 12.4. The maximum Gasteiger partial charge on any atom is 0.349 e. The number of esters is 1. The Hall–Kier alpha value is -3.45. The Labute approximate surface area is 169 Å². The highest BCUT2D eigenvalue weighted by Crippen LogP contribution is 2.19. The van der Waals surface area contributed by atoms with E-state index in [1.165, 1.54) is 6.08 Å². The normalized spacial score (nSPS) is 11.2. The highest BCUT2D eigenvalue weighted by molar-refractivity contribution is 5.98. The lowest BCUT2D eigenvalue weighted by Crippen LogP contribution is -2.17. The van der Waals surface area contributed by atoms with Crippen LogP contribution in [0.3, 0.4) is 0 Å². The van der Waals surface area contributed by atoms with Crippen LogP contribution in [-0.2, 0) is 27.4 Å². The Bertz CT molecular complexity index is 957.